The molecule has 0 amide bonds. The van der Waals surface area contributed by atoms with E-state index in [4.69, 9.17) is 4.98 Å². The van der Waals surface area contributed by atoms with E-state index in [9.17, 15) is 0 Å². The van der Waals surface area contributed by atoms with Crippen LogP contribution in [0, 0.1) is 0 Å². The van der Waals surface area contributed by atoms with Crippen LogP contribution in [0.2, 0.25) is 0 Å². The zero-order valence-corrected chi connectivity index (χ0v) is 12.0. The Labute approximate surface area is 115 Å². The number of fused-ring (bicyclic) bond motifs is 1. The van der Waals surface area contributed by atoms with Crippen molar-refractivity contribution < 1.29 is 0 Å². The molecule has 102 valence electrons. The van der Waals surface area contributed by atoms with Crippen LogP contribution in [0.4, 0.5) is 5.82 Å². The molecule has 0 bridgehead atoms. The van der Waals surface area contributed by atoms with Gasteiger partial charge in [0.1, 0.15) is 5.82 Å². The van der Waals surface area contributed by atoms with E-state index in [0.717, 1.165) is 29.9 Å². The first-order valence-corrected chi connectivity index (χ1v) is 7.32. The molecule has 0 atom stereocenters. The Morgan fingerprint density at radius 1 is 0.947 bits per heavy atom. The number of aromatic nitrogens is 2. The Kier molecular flexibility index (Phi) is 5.13. The van der Waals surface area contributed by atoms with Crippen LogP contribution in [-0.2, 0) is 0 Å². The molecule has 0 fully saturated rings. The van der Waals surface area contributed by atoms with E-state index in [1.165, 1.54) is 25.7 Å². The number of hydrogen-bond donors (Lipinski definition) is 0. The summed E-state index contributed by atoms with van der Waals surface area (Å²) in [5, 5.41) is 0. The largest absolute Gasteiger partial charge is 0.355 e. The highest BCUT2D eigenvalue weighted by Crippen LogP contribution is 2.16. The molecule has 0 aliphatic heterocycles. The van der Waals surface area contributed by atoms with Crippen molar-refractivity contribution in [3.63, 3.8) is 0 Å². The molecule has 0 saturated heterocycles. The monoisotopic (exact) mass is 257 g/mol. The van der Waals surface area contributed by atoms with E-state index < -0.39 is 0 Å². The summed E-state index contributed by atoms with van der Waals surface area (Å²) in [4.78, 5) is 11.6. The molecule has 0 unspecified atom stereocenters. The smallest absolute Gasteiger partial charge is 0.147 e. The molecule has 0 spiro atoms. The molecule has 0 saturated carbocycles. The number of unbranched alkanes of at least 4 members (excludes halogenated alkanes) is 2. The molecule has 2 rings (SSSR count). The first-order chi connectivity index (χ1) is 9.35. The zero-order chi connectivity index (χ0) is 13.5. The van der Waals surface area contributed by atoms with Gasteiger partial charge in [-0.1, -0.05) is 38.8 Å². The third-order valence-electron chi connectivity index (χ3n) is 3.32. The summed E-state index contributed by atoms with van der Waals surface area (Å²) in [5.74, 6) is 1.01. The number of benzene rings is 1. The van der Waals surface area contributed by atoms with Crippen molar-refractivity contribution in [1.82, 2.24) is 9.97 Å². The van der Waals surface area contributed by atoms with Gasteiger partial charge in [-0.05, 0) is 25.0 Å². The van der Waals surface area contributed by atoms with Gasteiger partial charge >= 0.3 is 0 Å². The summed E-state index contributed by atoms with van der Waals surface area (Å²) in [5.41, 5.74) is 1.95. The van der Waals surface area contributed by atoms with Crippen LogP contribution >= 0.6 is 0 Å². The topological polar surface area (TPSA) is 29.0 Å². The van der Waals surface area contributed by atoms with Crippen LogP contribution in [0.25, 0.3) is 11.0 Å². The fourth-order valence-electron chi connectivity index (χ4n) is 2.14. The molecule has 3 nitrogen and oxygen atoms in total. The Bertz CT molecular complexity index is 502. The lowest BCUT2D eigenvalue weighted by Crippen LogP contribution is -2.26. The van der Waals surface area contributed by atoms with Crippen molar-refractivity contribution in [2.75, 3.05) is 18.0 Å². The SMILES string of the molecule is CCCCN(CCCC)c1cnc2ccccc2n1. The molecule has 0 N–H and O–H groups in total. The van der Waals surface area contributed by atoms with Crippen molar-refractivity contribution in [3.8, 4) is 0 Å². The molecule has 1 heterocycles. The minimum atomic E-state index is 0.970. The van der Waals surface area contributed by atoms with E-state index in [2.05, 4.69) is 23.7 Å². The van der Waals surface area contributed by atoms with Gasteiger partial charge in [-0.25, -0.2) is 4.98 Å². The molecule has 0 radical (unpaired) electrons. The summed E-state index contributed by atoms with van der Waals surface area (Å²) in [6, 6.07) is 8.06. The van der Waals surface area contributed by atoms with E-state index >= 15 is 0 Å². The van der Waals surface area contributed by atoms with Gasteiger partial charge in [-0.2, -0.15) is 0 Å². The number of para-hydroxylation sites is 2. The average Bonchev–Trinajstić information content (AvgIpc) is 2.47. The first-order valence-electron chi connectivity index (χ1n) is 7.32. The molecular weight excluding hydrogens is 234 g/mol. The lowest BCUT2D eigenvalue weighted by molar-refractivity contribution is 0.671. The number of hydrogen-bond acceptors (Lipinski definition) is 3. The highest BCUT2D eigenvalue weighted by molar-refractivity contribution is 5.75. The van der Waals surface area contributed by atoms with E-state index in [1.54, 1.807) is 0 Å². The van der Waals surface area contributed by atoms with Crippen molar-refractivity contribution >= 4 is 16.9 Å². The van der Waals surface area contributed by atoms with Crippen molar-refractivity contribution in [2.45, 2.75) is 39.5 Å². The van der Waals surface area contributed by atoms with Gasteiger partial charge in [-0.15, -0.1) is 0 Å². The summed E-state index contributed by atoms with van der Waals surface area (Å²) in [6.07, 6.45) is 6.75. The Hall–Kier alpha value is -1.64. The number of nitrogens with zero attached hydrogens (tertiary/aromatic N) is 3. The van der Waals surface area contributed by atoms with Gasteiger partial charge in [0.15, 0.2) is 0 Å². The van der Waals surface area contributed by atoms with Gasteiger partial charge in [0.25, 0.3) is 0 Å². The summed E-state index contributed by atoms with van der Waals surface area (Å²) in [7, 11) is 0. The third-order valence-corrected chi connectivity index (χ3v) is 3.32. The molecule has 1 aromatic carbocycles. The lowest BCUT2D eigenvalue weighted by Gasteiger charge is -2.23. The molecule has 19 heavy (non-hydrogen) atoms. The van der Waals surface area contributed by atoms with Crippen molar-refractivity contribution in [2.24, 2.45) is 0 Å². The molecule has 0 aliphatic rings. The van der Waals surface area contributed by atoms with Gasteiger partial charge in [0.05, 0.1) is 17.2 Å². The molecule has 2 aromatic rings. The maximum atomic E-state index is 4.74. The second-order valence-corrected chi connectivity index (χ2v) is 4.91. The average molecular weight is 257 g/mol. The number of rotatable bonds is 7. The Morgan fingerprint density at radius 2 is 1.58 bits per heavy atom. The highest BCUT2D eigenvalue weighted by Gasteiger charge is 2.08. The third kappa shape index (κ3) is 3.66. The minimum Gasteiger partial charge on any atom is -0.355 e. The summed E-state index contributed by atoms with van der Waals surface area (Å²) >= 11 is 0. The van der Waals surface area contributed by atoms with Crippen LogP contribution in [0.15, 0.2) is 30.5 Å². The molecule has 1 aromatic heterocycles. The second-order valence-electron chi connectivity index (χ2n) is 4.91. The maximum Gasteiger partial charge on any atom is 0.147 e. The second kappa shape index (κ2) is 7.07. The van der Waals surface area contributed by atoms with Gasteiger partial charge in [-0.3, -0.25) is 4.98 Å². The van der Waals surface area contributed by atoms with E-state index in [1.807, 2.05) is 30.5 Å². The van der Waals surface area contributed by atoms with Crippen LogP contribution in [-0.4, -0.2) is 23.1 Å². The quantitative estimate of drug-likeness (QED) is 0.749. The number of anilines is 1. The Balaban J connectivity index is 2.21. The van der Waals surface area contributed by atoms with Crippen molar-refractivity contribution in [1.29, 1.82) is 0 Å². The molecular formula is C16H23N3. The lowest BCUT2D eigenvalue weighted by atomic mass is 10.2. The first kappa shape index (κ1) is 13.8. The minimum absolute atomic E-state index is 0.970. The normalized spacial score (nSPS) is 10.8. The maximum absolute atomic E-state index is 4.74. The Morgan fingerprint density at radius 3 is 2.21 bits per heavy atom. The predicted octanol–water partition coefficient (Wildman–Crippen LogP) is 4.04. The fraction of sp³-hybridized carbons (Fsp3) is 0.500. The predicted molar refractivity (Wildman–Crippen MR) is 81.6 cm³/mol. The molecule has 3 heteroatoms. The zero-order valence-electron chi connectivity index (χ0n) is 12.0. The standard InChI is InChI=1S/C16H23N3/c1-3-5-11-19(12-6-4-2)16-13-17-14-9-7-8-10-15(14)18-16/h7-10,13H,3-6,11-12H2,1-2H3. The van der Waals surface area contributed by atoms with Crippen molar-refractivity contribution in [3.05, 3.63) is 30.5 Å². The van der Waals surface area contributed by atoms with E-state index in [0.29, 0.717) is 0 Å². The summed E-state index contributed by atoms with van der Waals surface area (Å²) < 4.78 is 0. The molecule has 0 aliphatic carbocycles. The van der Waals surface area contributed by atoms with Gasteiger partial charge < -0.3 is 4.90 Å². The highest BCUT2D eigenvalue weighted by atomic mass is 15.2. The van der Waals surface area contributed by atoms with Crippen LogP contribution in [0.1, 0.15) is 39.5 Å². The fourth-order valence-corrected chi connectivity index (χ4v) is 2.14. The van der Waals surface area contributed by atoms with Gasteiger partial charge in [0, 0.05) is 13.1 Å². The summed E-state index contributed by atoms with van der Waals surface area (Å²) in [6.45, 7) is 6.60. The van der Waals surface area contributed by atoms with Crippen LogP contribution in [0.3, 0.4) is 0 Å². The van der Waals surface area contributed by atoms with E-state index in [-0.39, 0.29) is 0 Å². The van der Waals surface area contributed by atoms with Crippen LogP contribution in [0.5, 0.6) is 0 Å². The van der Waals surface area contributed by atoms with Gasteiger partial charge in [0.2, 0.25) is 0 Å². The van der Waals surface area contributed by atoms with Crippen LogP contribution < -0.4 is 4.90 Å².